The van der Waals surface area contributed by atoms with Crippen LogP contribution in [0.2, 0.25) is 10.0 Å². The molecule has 2 atom stereocenters. The quantitative estimate of drug-likeness (QED) is 0.447. The van der Waals surface area contributed by atoms with Crippen LogP contribution in [0.5, 0.6) is 5.75 Å². The summed E-state index contributed by atoms with van der Waals surface area (Å²) in [7, 11) is 1.59. The molecule has 0 bridgehead atoms. The molecule has 0 aromatic heterocycles. The van der Waals surface area contributed by atoms with Gasteiger partial charge >= 0.3 is 12.0 Å². The number of urea groups is 1. The van der Waals surface area contributed by atoms with Gasteiger partial charge in [0.05, 0.1) is 35.4 Å². The second-order valence-corrected chi connectivity index (χ2v) is 10.4. The predicted octanol–water partition coefficient (Wildman–Crippen LogP) is 4.75. The van der Waals surface area contributed by atoms with Gasteiger partial charge in [0.15, 0.2) is 0 Å². The minimum atomic E-state index is -0.828. The highest BCUT2D eigenvalue weighted by Crippen LogP contribution is 2.38. The molecule has 214 valence electrons. The van der Waals surface area contributed by atoms with E-state index in [0.717, 1.165) is 0 Å². The summed E-state index contributed by atoms with van der Waals surface area (Å²) >= 11 is 12.8. The van der Waals surface area contributed by atoms with Gasteiger partial charge < -0.3 is 19.7 Å². The molecule has 0 aliphatic carbocycles. The highest BCUT2D eigenvalue weighted by atomic mass is 35.5. The van der Waals surface area contributed by atoms with Crippen LogP contribution in [0.15, 0.2) is 53.7 Å². The third-order valence-corrected chi connectivity index (χ3v) is 8.06. The van der Waals surface area contributed by atoms with E-state index in [0.29, 0.717) is 65.9 Å². The van der Waals surface area contributed by atoms with Crippen molar-refractivity contribution in [3.63, 3.8) is 0 Å². The number of ether oxygens (including phenoxy) is 2. The second-order valence-electron chi connectivity index (χ2n) is 9.66. The number of rotatable bonds is 8. The van der Waals surface area contributed by atoms with Crippen molar-refractivity contribution in [2.75, 3.05) is 46.4 Å². The van der Waals surface area contributed by atoms with E-state index < -0.39 is 12.0 Å². The van der Waals surface area contributed by atoms with Gasteiger partial charge in [0, 0.05) is 50.0 Å². The number of nitrogens with zero attached hydrogens (tertiary/aromatic N) is 3. The number of likely N-dealkylation sites (N-methyl/N-ethyl adjacent to an activating group) is 1. The Hall–Kier alpha value is -3.27. The summed E-state index contributed by atoms with van der Waals surface area (Å²) in [6, 6.07) is 10.9. The molecule has 0 radical (unpaired) electrons. The predicted molar refractivity (Wildman–Crippen MR) is 154 cm³/mol. The van der Waals surface area contributed by atoms with Crippen molar-refractivity contribution >= 4 is 41.1 Å². The smallest absolute Gasteiger partial charge is 0.338 e. The van der Waals surface area contributed by atoms with Crippen LogP contribution in [0.3, 0.4) is 0 Å². The monoisotopic (exact) mass is 588 g/mol. The van der Waals surface area contributed by atoms with Gasteiger partial charge in [-0.3, -0.25) is 14.6 Å². The van der Waals surface area contributed by atoms with Crippen molar-refractivity contribution < 1.29 is 23.9 Å². The molecular formula is C29H34Cl2N4O5. The van der Waals surface area contributed by atoms with Crippen LogP contribution in [0.1, 0.15) is 42.7 Å². The Morgan fingerprint density at radius 1 is 1.07 bits per heavy atom. The summed E-state index contributed by atoms with van der Waals surface area (Å²) in [5, 5.41) is 3.51. The number of methoxy groups -OCH3 is 1. The first-order valence-electron chi connectivity index (χ1n) is 13.3. The largest absolute Gasteiger partial charge is 0.497 e. The summed E-state index contributed by atoms with van der Waals surface area (Å²) in [6.07, 6.45) is 0. The first-order chi connectivity index (χ1) is 19.2. The third kappa shape index (κ3) is 6.06. The molecule has 2 aliphatic heterocycles. The normalized spacial score (nSPS) is 19.9. The molecule has 3 amide bonds. The molecule has 2 heterocycles. The number of hydrogen-bond donors (Lipinski definition) is 1. The maximum Gasteiger partial charge on any atom is 0.338 e. The number of esters is 1. The van der Waals surface area contributed by atoms with E-state index >= 15 is 0 Å². The lowest BCUT2D eigenvalue weighted by Gasteiger charge is -2.43. The van der Waals surface area contributed by atoms with Gasteiger partial charge in [-0.1, -0.05) is 35.3 Å². The molecule has 1 saturated heterocycles. The van der Waals surface area contributed by atoms with E-state index in [9.17, 15) is 14.4 Å². The van der Waals surface area contributed by atoms with E-state index in [2.05, 4.69) is 10.2 Å². The van der Waals surface area contributed by atoms with Crippen LogP contribution in [-0.2, 0) is 9.53 Å². The molecule has 0 unspecified atom stereocenters. The summed E-state index contributed by atoms with van der Waals surface area (Å²) in [5.41, 5.74) is 1.97. The molecule has 2 aromatic carbocycles. The van der Waals surface area contributed by atoms with E-state index in [1.165, 1.54) is 0 Å². The van der Waals surface area contributed by atoms with Crippen molar-refractivity contribution in [3.05, 3.63) is 74.9 Å². The number of nitrogens with one attached hydrogen (secondary N) is 1. The van der Waals surface area contributed by atoms with Crippen LogP contribution in [0.4, 0.5) is 4.79 Å². The summed E-state index contributed by atoms with van der Waals surface area (Å²) < 4.78 is 10.7. The maximum absolute atomic E-state index is 13.4. The van der Waals surface area contributed by atoms with E-state index in [1.807, 2.05) is 18.7 Å². The molecule has 2 aliphatic rings. The maximum atomic E-state index is 13.4. The lowest BCUT2D eigenvalue weighted by atomic mass is 9.93. The number of amides is 3. The first kappa shape index (κ1) is 29.7. The highest BCUT2D eigenvalue weighted by molar-refractivity contribution is 6.42. The zero-order valence-corrected chi connectivity index (χ0v) is 24.6. The lowest BCUT2D eigenvalue weighted by Crippen LogP contribution is -2.56. The minimum absolute atomic E-state index is 0.0517. The molecular weight excluding hydrogens is 555 g/mol. The molecule has 0 saturated carbocycles. The molecule has 2 aromatic rings. The molecule has 4 rings (SSSR count). The topological polar surface area (TPSA) is 91.4 Å². The Bertz CT molecular complexity index is 1300. The van der Waals surface area contributed by atoms with Crippen molar-refractivity contribution in [2.24, 2.45) is 0 Å². The van der Waals surface area contributed by atoms with Gasteiger partial charge in [0.2, 0.25) is 0 Å². The van der Waals surface area contributed by atoms with Crippen LogP contribution in [0, 0.1) is 0 Å². The molecule has 1 N–H and O–H groups in total. The number of halogens is 2. The number of benzene rings is 2. The van der Waals surface area contributed by atoms with Crippen molar-refractivity contribution in [3.8, 4) is 5.75 Å². The molecule has 0 spiro atoms. The zero-order chi connectivity index (χ0) is 29.0. The Morgan fingerprint density at radius 3 is 2.42 bits per heavy atom. The van der Waals surface area contributed by atoms with E-state index in [-0.39, 0.29) is 29.6 Å². The molecule has 40 heavy (non-hydrogen) atoms. The van der Waals surface area contributed by atoms with Gasteiger partial charge in [-0.15, -0.1) is 0 Å². The van der Waals surface area contributed by atoms with Gasteiger partial charge in [-0.05, 0) is 56.7 Å². The van der Waals surface area contributed by atoms with Crippen LogP contribution < -0.4 is 10.1 Å². The van der Waals surface area contributed by atoms with Gasteiger partial charge in [-0.25, -0.2) is 9.59 Å². The van der Waals surface area contributed by atoms with E-state index in [1.54, 1.807) is 61.4 Å². The van der Waals surface area contributed by atoms with Crippen LogP contribution >= 0.6 is 23.2 Å². The third-order valence-electron chi connectivity index (χ3n) is 7.23. The Kier molecular flexibility index (Phi) is 9.60. The average Bonchev–Trinajstić information content (AvgIpc) is 2.94. The molecule has 11 heteroatoms. The minimum Gasteiger partial charge on any atom is -0.497 e. The second kappa shape index (κ2) is 12.9. The van der Waals surface area contributed by atoms with E-state index in [4.69, 9.17) is 32.7 Å². The first-order valence-corrected chi connectivity index (χ1v) is 14.0. The SMILES string of the molecule is CCOC(=O)C1=C(CN2CCN(C(=O)c3ccc(OC)cc3)[C@@H](C)C2)N(CC)C(=O)N[C@@H]1c1cccc(Cl)c1Cl. The zero-order valence-electron chi connectivity index (χ0n) is 23.1. The number of carbonyl (C=O) groups excluding carboxylic acids is 3. The number of hydrogen-bond acceptors (Lipinski definition) is 6. The Balaban J connectivity index is 1.63. The molecule has 1 fully saturated rings. The summed E-state index contributed by atoms with van der Waals surface area (Å²) in [4.78, 5) is 45.4. The lowest BCUT2D eigenvalue weighted by molar-refractivity contribution is -0.139. The van der Waals surface area contributed by atoms with Crippen molar-refractivity contribution in [2.45, 2.75) is 32.9 Å². The van der Waals surface area contributed by atoms with Gasteiger partial charge in [0.1, 0.15) is 5.75 Å². The fraction of sp³-hybridized carbons (Fsp3) is 0.414. The molecule has 9 nitrogen and oxygen atoms in total. The van der Waals surface area contributed by atoms with Crippen molar-refractivity contribution in [1.29, 1.82) is 0 Å². The Labute approximate surface area is 244 Å². The summed E-state index contributed by atoms with van der Waals surface area (Å²) in [6.45, 7) is 8.04. The fourth-order valence-electron chi connectivity index (χ4n) is 5.22. The number of carbonyl (C=O) groups is 3. The van der Waals surface area contributed by atoms with Gasteiger partial charge in [-0.2, -0.15) is 0 Å². The van der Waals surface area contributed by atoms with Crippen molar-refractivity contribution in [1.82, 2.24) is 20.0 Å². The Morgan fingerprint density at radius 2 is 1.80 bits per heavy atom. The number of piperazine rings is 1. The standard InChI is InChI=1S/C29H34Cl2N4O5/c1-5-34-23(17-33-14-15-35(18(3)16-33)27(36)19-10-12-20(39-4)13-11-19)24(28(37)40-6-2)26(32-29(34)38)21-8-7-9-22(30)25(21)31/h7-13,18,26H,5-6,14-17H2,1-4H3,(H,32,38)/t18-,26+/m0/s1. The van der Waals surface area contributed by atoms with Crippen LogP contribution in [0.25, 0.3) is 0 Å². The fourth-order valence-corrected chi connectivity index (χ4v) is 5.64. The average molecular weight is 590 g/mol. The summed E-state index contributed by atoms with van der Waals surface area (Å²) in [5.74, 6) is 0.108. The van der Waals surface area contributed by atoms with Crippen LogP contribution in [-0.4, -0.2) is 85.1 Å². The highest BCUT2D eigenvalue weighted by Gasteiger charge is 2.40. The van der Waals surface area contributed by atoms with Gasteiger partial charge in [0.25, 0.3) is 5.91 Å².